The molecule has 0 N–H and O–H groups in total. The van der Waals surface area contributed by atoms with Gasteiger partial charge in [-0.15, -0.1) is 0 Å². The lowest BCUT2D eigenvalue weighted by Gasteiger charge is -2.27. The molecule has 2 rings (SSSR count). The first-order chi connectivity index (χ1) is 9.72. The Kier molecular flexibility index (Phi) is 5.60. The van der Waals surface area contributed by atoms with Crippen molar-refractivity contribution in [3.63, 3.8) is 0 Å². The highest BCUT2D eigenvalue weighted by atomic mass is 16.5. The number of rotatable bonds is 6. The van der Waals surface area contributed by atoms with Crippen LogP contribution in [0.1, 0.15) is 43.7 Å². The number of esters is 1. The number of aryl methyl sites for hydroxylation is 1. The fourth-order valence-corrected chi connectivity index (χ4v) is 2.93. The van der Waals surface area contributed by atoms with E-state index in [1.165, 1.54) is 43.9 Å². The zero-order valence-electron chi connectivity index (χ0n) is 12.6. The number of nitrogens with zero attached hydrogens (tertiary/aromatic N) is 1. The average Bonchev–Trinajstić information content (AvgIpc) is 3.01. The van der Waals surface area contributed by atoms with E-state index < -0.39 is 0 Å². The molecule has 1 aliphatic rings. The molecular formula is C17H25NO2. The minimum absolute atomic E-state index is 0.137. The number of benzene rings is 1. The summed E-state index contributed by atoms with van der Waals surface area (Å²) in [6, 6.07) is 9.25. The largest absolute Gasteiger partial charge is 0.468 e. The van der Waals surface area contributed by atoms with E-state index in [-0.39, 0.29) is 5.97 Å². The Hall–Kier alpha value is -1.35. The molecule has 0 aromatic heterocycles. The van der Waals surface area contributed by atoms with Gasteiger partial charge in [0.25, 0.3) is 0 Å². The molecule has 20 heavy (non-hydrogen) atoms. The van der Waals surface area contributed by atoms with Gasteiger partial charge < -0.3 is 4.74 Å². The summed E-state index contributed by atoms with van der Waals surface area (Å²) >= 11 is 0. The van der Waals surface area contributed by atoms with Crippen LogP contribution in [0.3, 0.4) is 0 Å². The quantitative estimate of drug-likeness (QED) is 0.747. The van der Waals surface area contributed by atoms with Gasteiger partial charge in [0.1, 0.15) is 0 Å². The van der Waals surface area contributed by atoms with Crippen molar-refractivity contribution in [2.24, 2.45) is 0 Å². The second kappa shape index (κ2) is 7.44. The lowest BCUT2D eigenvalue weighted by Crippen LogP contribution is -2.37. The van der Waals surface area contributed by atoms with E-state index in [0.717, 1.165) is 13.0 Å². The SMILES string of the molecule is CCc1ccc(CN(CC(=O)OC)C2CCCC2)cc1. The first kappa shape index (κ1) is 15.0. The Balaban J connectivity index is 2.03. The maximum Gasteiger partial charge on any atom is 0.319 e. The van der Waals surface area contributed by atoms with Gasteiger partial charge >= 0.3 is 5.97 Å². The third kappa shape index (κ3) is 4.07. The summed E-state index contributed by atoms with van der Waals surface area (Å²) in [5.74, 6) is -0.137. The van der Waals surface area contributed by atoms with Crippen molar-refractivity contribution in [2.45, 2.75) is 51.6 Å². The standard InChI is InChI=1S/C17H25NO2/c1-3-14-8-10-15(11-9-14)12-18(13-17(19)20-2)16-6-4-5-7-16/h8-11,16H,3-7,12-13H2,1-2H3. The molecule has 0 radical (unpaired) electrons. The van der Waals surface area contributed by atoms with Gasteiger partial charge in [-0.05, 0) is 30.4 Å². The van der Waals surface area contributed by atoms with Gasteiger partial charge in [0.15, 0.2) is 0 Å². The predicted octanol–water partition coefficient (Wildman–Crippen LogP) is 3.17. The van der Waals surface area contributed by atoms with Crippen LogP contribution in [0.5, 0.6) is 0 Å². The summed E-state index contributed by atoms with van der Waals surface area (Å²) in [5.41, 5.74) is 2.63. The molecule has 0 unspecified atom stereocenters. The smallest absolute Gasteiger partial charge is 0.319 e. The van der Waals surface area contributed by atoms with Crippen molar-refractivity contribution >= 4 is 5.97 Å². The highest BCUT2D eigenvalue weighted by Crippen LogP contribution is 2.25. The van der Waals surface area contributed by atoms with E-state index in [4.69, 9.17) is 4.74 Å². The second-order valence-corrected chi connectivity index (χ2v) is 5.59. The molecule has 110 valence electrons. The third-order valence-electron chi connectivity index (χ3n) is 4.22. The Morgan fingerprint density at radius 1 is 1.20 bits per heavy atom. The third-order valence-corrected chi connectivity index (χ3v) is 4.22. The number of hydrogen-bond donors (Lipinski definition) is 0. The van der Waals surface area contributed by atoms with E-state index in [1.54, 1.807) is 0 Å². The molecule has 0 amide bonds. The molecule has 0 saturated heterocycles. The van der Waals surface area contributed by atoms with E-state index in [1.807, 2.05) is 0 Å². The van der Waals surface area contributed by atoms with Gasteiger partial charge in [0.05, 0.1) is 13.7 Å². The van der Waals surface area contributed by atoms with Crippen molar-refractivity contribution in [3.05, 3.63) is 35.4 Å². The van der Waals surface area contributed by atoms with Crippen LogP contribution in [0.25, 0.3) is 0 Å². The number of hydrogen-bond acceptors (Lipinski definition) is 3. The molecule has 0 heterocycles. The zero-order chi connectivity index (χ0) is 14.4. The van der Waals surface area contributed by atoms with Gasteiger partial charge in [-0.25, -0.2) is 0 Å². The zero-order valence-corrected chi connectivity index (χ0v) is 12.6. The number of carbonyl (C=O) groups excluding carboxylic acids is 1. The number of carbonyl (C=O) groups is 1. The van der Waals surface area contributed by atoms with Gasteiger partial charge in [-0.1, -0.05) is 44.0 Å². The molecule has 1 aromatic carbocycles. The monoisotopic (exact) mass is 275 g/mol. The van der Waals surface area contributed by atoms with E-state index >= 15 is 0 Å². The molecule has 0 atom stereocenters. The minimum atomic E-state index is -0.137. The molecule has 0 spiro atoms. The molecular weight excluding hydrogens is 250 g/mol. The summed E-state index contributed by atoms with van der Waals surface area (Å²) in [7, 11) is 1.46. The van der Waals surface area contributed by atoms with Crippen LogP contribution in [0.2, 0.25) is 0 Å². The Labute approximate surface area is 121 Å². The summed E-state index contributed by atoms with van der Waals surface area (Å²) in [6.07, 6.45) is 6.01. The lowest BCUT2D eigenvalue weighted by molar-refractivity contribution is -0.142. The van der Waals surface area contributed by atoms with Crippen LogP contribution in [0.4, 0.5) is 0 Å². The summed E-state index contributed by atoms with van der Waals surface area (Å²) < 4.78 is 4.83. The van der Waals surface area contributed by atoms with Crippen LogP contribution < -0.4 is 0 Å². The second-order valence-electron chi connectivity index (χ2n) is 5.59. The Morgan fingerprint density at radius 2 is 1.80 bits per heavy atom. The molecule has 1 saturated carbocycles. The summed E-state index contributed by atoms with van der Waals surface area (Å²) in [6.45, 7) is 3.40. The van der Waals surface area contributed by atoms with Gasteiger partial charge in [-0.3, -0.25) is 9.69 Å². The van der Waals surface area contributed by atoms with Crippen LogP contribution in [0.15, 0.2) is 24.3 Å². The highest BCUT2D eigenvalue weighted by Gasteiger charge is 2.24. The van der Waals surface area contributed by atoms with Crippen molar-refractivity contribution in [1.82, 2.24) is 4.90 Å². The van der Waals surface area contributed by atoms with Crippen LogP contribution in [-0.4, -0.2) is 30.6 Å². The van der Waals surface area contributed by atoms with Crippen LogP contribution in [-0.2, 0) is 22.5 Å². The Morgan fingerprint density at radius 3 is 2.35 bits per heavy atom. The summed E-state index contributed by atoms with van der Waals surface area (Å²) in [5, 5.41) is 0. The molecule has 1 aromatic rings. The van der Waals surface area contributed by atoms with E-state index in [2.05, 4.69) is 36.1 Å². The van der Waals surface area contributed by atoms with E-state index in [9.17, 15) is 4.79 Å². The highest BCUT2D eigenvalue weighted by molar-refractivity contribution is 5.71. The molecule has 3 heteroatoms. The van der Waals surface area contributed by atoms with Crippen molar-refractivity contribution in [2.75, 3.05) is 13.7 Å². The predicted molar refractivity (Wildman–Crippen MR) is 80.5 cm³/mol. The number of ether oxygens (including phenoxy) is 1. The van der Waals surface area contributed by atoms with Crippen molar-refractivity contribution in [1.29, 1.82) is 0 Å². The molecule has 1 aliphatic carbocycles. The van der Waals surface area contributed by atoms with Gasteiger partial charge in [-0.2, -0.15) is 0 Å². The lowest BCUT2D eigenvalue weighted by atomic mass is 10.1. The molecule has 0 aliphatic heterocycles. The normalized spacial score (nSPS) is 15.8. The fourth-order valence-electron chi connectivity index (χ4n) is 2.93. The van der Waals surface area contributed by atoms with Gasteiger partial charge in [0, 0.05) is 12.6 Å². The average molecular weight is 275 g/mol. The molecule has 0 bridgehead atoms. The first-order valence-electron chi connectivity index (χ1n) is 7.61. The topological polar surface area (TPSA) is 29.5 Å². The van der Waals surface area contributed by atoms with Gasteiger partial charge in [0.2, 0.25) is 0 Å². The maximum absolute atomic E-state index is 11.6. The van der Waals surface area contributed by atoms with Crippen molar-refractivity contribution < 1.29 is 9.53 Å². The fraction of sp³-hybridized carbons (Fsp3) is 0.588. The van der Waals surface area contributed by atoms with Crippen molar-refractivity contribution in [3.8, 4) is 0 Å². The molecule has 3 nitrogen and oxygen atoms in total. The molecule has 1 fully saturated rings. The maximum atomic E-state index is 11.6. The summed E-state index contributed by atoms with van der Waals surface area (Å²) in [4.78, 5) is 13.9. The van der Waals surface area contributed by atoms with Crippen LogP contribution >= 0.6 is 0 Å². The minimum Gasteiger partial charge on any atom is -0.468 e. The van der Waals surface area contributed by atoms with Crippen LogP contribution in [0, 0.1) is 0 Å². The number of methoxy groups -OCH3 is 1. The first-order valence-corrected chi connectivity index (χ1v) is 7.61. The Bertz CT molecular complexity index is 421. The van der Waals surface area contributed by atoms with E-state index in [0.29, 0.717) is 12.6 Å².